The van der Waals surface area contributed by atoms with Gasteiger partial charge in [0.05, 0.1) is 6.54 Å². The predicted octanol–water partition coefficient (Wildman–Crippen LogP) is 4.84. The van der Waals surface area contributed by atoms with E-state index in [1.165, 1.54) is 43.4 Å². The Bertz CT molecular complexity index is 391. The number of aliphatic imine (C=N–C) groups is 1. The minimum Gasteiger partial charge on any atom is -0.289 e. The van der Waals surface area contributed by atoms with Gasteiger partial charge in [-0.1, -0.05) is 49.6 Å². The van der Waals surface area contributed by atoms with Gasteiger partial charge in [-0.15, -0.1) is 11.6 Å². The summed E-state index contributed by atoms with van der Waals surface area (Å²) in [4.78, 5) is 4.79. The van der Waals surface area contributed by atoms with Crippen molar-refractivity contribution in [2.24, 2.45) is 10.4 Å². The largest absolute Gasteiger partial charge is 0.289 e. The number of nitrogens with zero attached hydrogens (tertiary/aromatic N) is 1. The van der Waals surface area contributed by atoms with E-state index in [-0.39, 0.29) is 5.41 Å². The van der Waals surface area contributed by atoms with Gasteiger partial charge < -0.3 is 0 Å². The number of benzene rings is 1. The van der Waals surface area contributed by atoms with Gasteiger partial charge in [-0.25, -0.2) is 0 Å². The number of hydrogen-bond donors (Lipinski definition) is 0. The highest BCUT2D eigenvalue weighted by Crippen LogP contribution is 2.38. The fourth-order valence-electron chi connectivity index (χ4n) is 2.78. The lowest BCUT2D eigenvalue weighted by Crippen LogP contribution is -2.33. The summed E-state index contributed by atoms with van der Waals surface area (Å²) in [7, 11) is 0. The van der Waals surface area contributed by atoms with Crippen LogP contribution in [0.25, 0.3) is 0 Å². The smallest absolute Gasteiger partial charge is 0.0639 e. The molecule has 1 aliphatic carbocycles. The Morgan fingerprint density at radius 1 is 1.17 bits per heavy atom. The van der Waals surface area contributed by atoms with E-state index in [9.17, 15) is 0 Å². The lowest BCUT2D eigenvalue weighted by molar-refractivity contribution is 0.314. The molecule has 0 radical (unpaired) electrons. The van der Waals surface area contributed by atoms with E-state index in [4.69, 9.17) is 16.6 Å². The SMILES string of the molecule is CC(=NCc1ccccc1)C1(CCl)CCCCC1. The van der Waals surface area contributed by atoms with Crippen LogP contribution in [0.2, 0.25) is 0 Å². The van der Waals surface area contributed by atoms with Gasteiger partial charge in [0.2, 0.25) is 0 Å². The van der Waals surface area contributed by atoms with Crippen LogP contribution in [0, 0.1) is 5.41 Å². The molecule has 0 aromatic heterocycles. The van der Waals surface area contributed by atoms with Crippen molar-refractivity contribution in [2.75, 3.05) is 5.88 Å². The minimum atomic E-state index is 0.175. The van der Waals surface area contributed by atoms with Crippen LogP contribution < -0.4 is 0 Å². The van der Waals surface area contributed by atoms with Crippen LogP contribution in [0.5, 0.6) is 0 Å². The topological polar surface area (TPSA) is 12.4 Å². The highest BCUT2D eigenvalue weighted by atomic mass is 35.5. The zero-order valence-corrected chi connectivity index (χ0v) is 11.9. The third-order valence-electron chi connectivity index (χ3n) is 4.18. The molecule has 1 fully saturated rings. The van der Waals surface area contributed by atoms with E-state index < -0.39 is 0 Å². The van der Waals surface area contributed by atoms with Gasteiger partial charge in [-0.3, -0.25) is 4.99 Å². The Hall–Kier alpha value is -0.820. The van der Waals surface area contributed by atoms with Crippen LogP contribution >= 0.6 is 11.6 Å². The van der Waals surface area contributed by atoms with Gasteiger partial charge >= 0.3 is 0 Å². The van der Waals surface area contributed by atoms with Crippen molar-refractivity contribution < 1.29 is 0 Å². The fraction of sp³-hybridized carbons (Fsp3) is 0.562. The monoisotopic (exact) mass is 263 g/mol. The summed E-state index contributed by atoms with van der Waals surface area (Å²) in [6.45, 7) is 2.95. The Morgan fingerprint density at radius 2 is 1.83 bits per heavy atom. The maximum Gasteiger partial charge on any atom is 0.0639 e. The fourth-order valence-corrected chi connectivity index (χ4v) is 3.24. The lowest BCUT2D eigenvalue weighted by atomic mass is 9.72. The van der Waals surface area contributed by atoms with E-state index in [1.54, 1.807) is 0 Å². The minimum absolute atomic E-state index is 0.175. The first-order valence-corrected chi connectivity index (χ1v) is 7.42. The summed E-state index contributed by atoms with van der Waals surface area (Å²) in [6.07, 6.45) is 6.36. The van der Waals surface area contributed by atoms with Gasteiger partial charge in [0, 0.05) is 17.0 Å². The van der Waals surface area contributed by atoms with Crippen LogP contribution in [0.3, 0.4) is 0 Å². The lowest BCUT2D eigenvalue weighted by Gasteiger charge is -2.35. The molecule has 0 amide bonds. The molecule has 1 aromatic carbocycles. The Morgan fingerprint density at radius 3 is 2.44 bits per heavy atom. The molecular formula is C16H22ClN. The molecule has 2 heteroatoms. The zero-order chi connectivity index (χ0) is 12.8. The Kier molecular flexibility index (Phi) is 4.82. The van der Waals surface area contributed by atoms with Crippen molar-refractivity contribution in [1.82, 2.24) is 0 Å². The van der Waals surface area contributed by atoms with Crippen molar-refractivity contribution in [3.8, 4) is 0 Å². The number of rotatable bonds is 4. The molecule has 0 N–H and O–H groups in total. The van der Waals surface area contributed by atoms with Gasteiger partial charge in [0.15, 0.2) is 0 Å². The van der Waals surface area contributed by atoms with E-state index in [2.05, 4.69) is 31.2 Å². The summed E-state index contributed by atoms with van der Waals surface area (Å²) in [5.41, 5.74) is 2.70. The molecule has 0 heterocycles. The Balaban J connectivity index is 2.06. The molecule has 98 valence electrons. The van der Waals surface area contributed by atoms with Crippen molar-refractivity contribution in [3.63, 3.8) is 0 Å². The van der Waals surface area contributed by atoms with Crippen LogP contribution in [-0.4, -0.2) is 11.6 Å². The highest BCUT2D eigenvalue weighted by Gasteiger charge is 2.33. The molecule has 0 unspecified atom stereocenters. The summed E-state index contributed by atoms with van der Waals surface area (Å²) in [6, 6.07) is 10.4. The zero-order valence-electron chi connectivity index (χ0n) is 11.2. The molecule has 2 rings (SSSR count). The average Bonchev–Trinajstić information content (AvgIpc) is 2.46. The number of halogens is 1. The van der Waals surface area contributed by atoms with Crippen molar-refractivity contribution in [1.29, 1.82) is 0 Å². The third kappa shape index (κ3) is 3.14. The Labute approximate surface area is 115 Å². The molecule has 1 aromatic rings. The average molecular weight is 264 g/mol. The van der Waals surface area contributed by atoms with Gasteiger partial charge in [-0.05, 0) is 25.3 Å². The summed E-state index contributed by atoms with van der Waals surface area (Å²) >= 11 is 6.23. The van der Waals surface area contributed by atoms with Crippen LogP contribution in [0.15, 0.2) is 35.3 Å². The van der Waals surface area contributed by atoms with E-state index in [0.717, 1.165) is 12.4 Å². The molecule has 1 saturated carbocycles. The first-order valence-electron chi connectivity index (χ1n) is 6.88. The first kappa shape index (κ1) is 13.6. The van der Waals surface area contributed by atoms with E-state index in [1.807, 2.05) is 6.07 Å². The summed E-state index contributed by atoms with van der Waals surface area (Å²) in [5.74, 6) is 0.719. The van der Waals surface area contributed by atoms with Gasteiger partial charge in [0.1, 0.15) is 0 Å². The second kappa shape index (κ2) is 6.38. The van der Waals surface area contributed by atoms with Crippen LogP contribution in [0.1, 0.15) is 44.6 Å². The van der Waals surface area contributed by atoms with E-state index >= 15 is 0 Å². The molecular weight excluding hydrogens is 242 g/mol. The summed E-state index contributed by atoms with van der Waals surface area (Å²) in [5, 5.41) is 0. The molecule has 0 saturated heterocycles. The molecule has 0 spiro atoms. The van der Waals surface area contributed by atoms with E-state index in [0.29, 0.717) is 0 Å². The molecule has 0 bridgehead atoms. The van der Waals surface area contributed by atoms with Crippen molar-refractivity contribution in [2.45, 2.75) is 45.6 Å². The number of hydrogen-bond acceptors (Lipinski definition) is 1. The summed E-state index contributed by atoms with van der Waals surface area (Å²) < 4.78 is 0. The molecule has 1 aliphatic rings. The predicted molar refractivity (Wildman–Crippen MR) is 79.5 cm³/mol. The standard InChI is InChI=1S/C16H22ClN/c1-14(16(13-17)10-6-3-7-11-16)18-12-15-8-4-2-5-9-15/h2,4-5,8-9H,3,6-7,10-13H2,1H3. The molecule has 18 heavy (non-hydrogen) atoms. The van der Waals surface area contributed by atoms with Crippen molar-refractivity contribution in [3.05, 3.63) is 35.9 Å². The third-order valence-corrected chi connectivity index (χ3v) is 4.69. The van der Waals surface area contributed by atoms with Crippen LogP contribution in [0.4, 0.5) is 0 Å². The molecule has 1 nitrogen and oxygen atoms in total. The molecule has 0 aliphatic heterocycles. The van der Waals surface area contributed by atoms with Gasteiger partial charge in [-0.2, -0.15) is 0 Å². The highest BCUT2D eigenvalue weighted by molar-refractivity contribution is 6.20. The van der Waals surface area contributed by atoms with Crippen molar-refractivity contribution >= 4 is 17.3 Å². The maximum absolute atomic E-state index is 6.23. The second-order valence-corrected chi connectivity index (χ2v) is 5.63. The quantitative estimate of drug-likeness (QED) is 0.545. The molecule has 0 atom stereocenters. The maximum atomic E-state index is 6.23. The number of alkyl halides is 1. The first-order chi connectivity index (χ1) is 8.77. The van der Waals surface area contributed by atoms with Gasteiger partial charge in [0.25, 0.3) is 0 Å². The normalized spacial score (nSPS) is 19.8. The van der Waals surface area contributed by atoms with Crippen LogP contribution in [-0.2, 0) is 6.54 Å². The second-order valence-electron chi connectivity index (χ2n) is 5.36.